The third-order valence-electron chi connectivity index (χ3n) is 6.81. The minimum atomic E-state index is -0.366. The summed E-state index contributed by atoms with van der Waals surface area (Å²) in [7, 11) is 0. The molecule has 1 N–H and O–H groups in total. The molecule has 0 aliphatic heterocycles. The van der Waals surface area contributed by atoms with Crippen LogP contribution in [0.15, 0.2) is 0 Å². The number of hydrogen-bond donors (Lipinski definition) is 1. The average Bonchev–Trinajstić information content (AvgIpc) is 2.18. The first-order chi connectivity index (χ1) is 7.40. The highest BCUT2D eigenvalue weighted by Crippen LogP contribution is 2.70. The molecule has 0 aromatic rings. The SMILES string of the molecule is C[C@@H]1CCC[C@]23CC[C@H](C[C@@]12C)[C@@](C)(O)C3. The van der Waals surface area contributed by atoms with Crippen molar-refractivity contribution in [3.8, 4) is 0 Å². The van der Waals surface area contributed by atoms with E-state index in [-0.39, 0.29) is 5.60 Å². The lowest BCUT2D eigenvalue weighted by atomic mass is 9.38. The molecule has 1 spiro atoms. The molecule has 4 fully saturated rings. The molecule has 2 bridgehead atoms. The van der Waals surface area contributed by atoms with Crippen LogP contribution in [0.4, 0.5) is 0 Å². The molecule has 1 nitrogen and oxygen atoms in total. The Hall–Kier alpha value is -0.0400. The second kappa shape index (κ2) is 3.04. The zero-order chi connectivity index (χ0) is 11.6. The molecule has 4 saturated carbocycles. The minimum absolute atomic E-state index is 0.366. The third-order valence-corrected chi connectivity index (χ3v) is 6.81. The molecule has 4 rings (SSSR count). The van der Waals surface area contributed by atoms with Crippen molar-refractivity contribution in [2.24, 2.45) is 22.7 Å². The molecule has 92 valence electrons. The lowest BCUT2D eigenvalue weighted by molar-refractivity contribution is -0.219. The van der Waals surface area contributed by atoms with Crippen LogP contribution in [0, 0.1) is 22.7 Å². The van der Waals surface area contributed by atoms with Gasteiger partial charge in [-0.2, -0.15) is 0 Å². The molecular formula is C15H26O. The van der Waals surface area contributed by atoms with E-state index in [1.54, 1.807) is 0 Å². The van der Waals surface area contributed by atoms with Crippen LogP contribution in [0.2, 0.25) is 0 Å². The molecule has 4 aliphatic carbocycles. The van der Waals surface area contributed by atoms with E-state index in [0.29, 0.717) is 16.7 Å². The number of fused-ring (bicyclic) bond motifs is 2. The second-order valence-electron chi connectivity index (χ2n) is 7.46. The van der Waals surface area contributed by atoms with Gasteiger partial charge in [0.05, 0.1) is 5.60 Å². The fourth-order valence-corrected chi connectivity index (χ4v) is 5.51. The quantitative estimate of drug-likeness (QED) is 0.662. The zero-order valence-corrected chi connectivity index (χ0v) is 11.1. The van der Waals surface area contributed by atoms with Crippen LogP contribution in [0.1, 0.15) is 65.7 Å². The highest BCUT2D eigenvalue weighted by Gasteiger charge is 2.63. The van der Waals surface area contributed by atoms with Gasteiger partial charge in [-0.1, -0.05) is 26.7 Å². The van der Waals surface area contributed by atoms with E-state index in [4.69, 9.17) is 0 Å². The summed E-state index contributed by atoms with van der Waals surface area (Å²) in [5, 5.41) is 10.6. The van der Waals surface area contributed by atoms with Crippen molar-refractivity contribution in [2.75, 3.05) is 0 Å². The highest BCUT2D eigenvalue weighted by atomic mass is 16.3. The molecule has 4 aliphatic rings. The molecular weight excluding hydrogens is 196 g/mol. The molecule has 16 heavy (non-hydrogen) atoms. The topological polar surface area (TPSA) is 20.2 Å². The fourth-order valence-electron chi connectivity index (χ4n) is 5.51. The summed E-state index contributed by atoms with van der Waals surface area (Å²) >= 11 is 0. The Kier molecular flexibility index (Phi) is 2.11. The van der Waals surface area contributed by atoms with E-state index in [1.165, 1.54) is 38.5 Å². The van der Waals surface area contributed by atoms with Crippen LogP contribution in [0.25, 0.3) is 0 Å². The van der Waals surface area contributed by atoms with Crippen molar-refractivity contribution in [3.63, 3.8) is 0 Å². The molecule has 0 radical (unpaired) electrons. The van der Waals surface area contributed by atoms with Crippen LogP contribution in [0.3, 0.4) is 0 Å². The van der Waals surface area contributed by atoms with Crippen molar-refractivity contribution in [2.45, 2.75) is 71.3 Å². The number of aliphatic hydroxyl groups is 1. The maximum atomic E-state index is 10.6. The fraction of sp³-hybridized carbons (Fsp3) is 1.00. The van der Waals surface area contributed by atoms with Crippen molar-refractivity contribution < 1.29 is 5.11 Å². The number of hydrogen-bond acceptors (Lipinski definition) is 1. The largest absolute Gasteiger partial charge is 0.390 e. The van der Waals surface area contributed by atoms with E-state index < -0.39 is 0 Å². The van der Waals surface area contributed by atoms with Crippen molar-refractivity contribution in [3.05, 3.63) is 0 Å². The predicted octanol–water partition coefficient (Wildman–Crippen LogP) is 3.75. The van der Waals surface area contributed by atoms with Gasteiger partial charge in [-0.15, -0.1) is 0 Å². The molecule has 0 amide bonds. The first-order valence-corrected chi connectivity index (χ1v) is 7.12. The average molecular weight is 222 g/mol. The van der Waals surface area contributed by atoms with E-state index in [9.17, 15) is 5.11 Å². The van der Waals surface area contributed by atoms with Gasteiger partial charge in [0.25, 0.3) is 0 Å². The summed E-state index contributed by atoms with van der Waals surface area (Å²) in [6, 6.07) is 0. The zero-order valence-electron chi connectivity index (χ0n) is 11.1. The standard InChI is InChI=1S/C15H26O/c1-11-5-4-7-15-8-6-12(9-13(11,15)2)14(3,16)10-15/h11-12,16H,4-10H2,1-3H3/t11-,12-,13+,14+,15-/m1/s1. The Morgan fingerprint density at radius 1 is 1.12 bits per heavy atom. The van der Waals surface area contributed by atoms with Gasteiger partial charge in [-0.05, 0) is 61.7 Å². The van der Waals surface area contributed by atoms with Gasteiger partial charge >= 0.3 is 0 Å². The van der Waals surface area contributed by atoms with Crippen LogP contribution >= 0.6 is 0 Å². The van der Waals surface area contributed by atoms with Crippen molar-refractivity contribution in [1.29, 1.82) is 0 Å². The maximum Gasteiger partial charge on any atom is 0.0653 e. The first kappa shape index (κ1) is 11.1. The van der Waals surface area contributed by atoms with Gasteiger partial charge in [0.15, 0.2) is 0 Å². The van der Waals surface area contributed by atoms with Gasteiger partial charge in [0, 0.05) is 0 Å². The molecule has 0 heterocycles. The molecule has 1 heteroatoms. The summed E-state index contributed by atoms with van der Waals surface area (Å²) < 4.78 is 0. The second-order valence-corrected chi connectivity index (χ2v) is 7.46. The summed E-state index contributed by atoms with van der Waals surface area (Å²) in [4.78, 5) is 0. The minimum Gasteiger partial charge on any atom is -0.390 e. The first-order valence-electron chi connectivity index (χ1n) is 7.12. The van der Waals surface area contributed by atoms with Gasteiger partial charge in [-0.25, -0.2) is 0 Å². The normalized spacial score (nSPS) is 60.8. The summed E-state index contributed by atoms with van der Waals surface area (Å²) in [6.45, 7) is 7.08. The van der Waals surface area contributed by atoms with Crippen LogP contribution in [-0.4, -0.2) is 10.7 Å². The van der Waals surface area contributed by atoms with E-state index in [0.717, 1.165) is 12.3 Å². The van der Waals surface area contributed by atoms with Gasteiger partial charge in [-0.3, -0.25) is 0 Å². The third kappa shape index (κ3) is 1.16. The Bertz CT molecular complexity index is 305. The van der Waals surface area contributed by atoms with Crippen molar-refractivity contribution >= 4 is 0 Å². The van der Waals surface area contributed by atoms with Gasteiger partial charge in [0.2, 0.25) is 0 Å². The van der Waals surface area contributed by atoms with Crippen LogP contribution in [0.5, 0.6) is 0 Å². The lowest BCUT2D eigenvalue weighted by Crippen LogP contribution is -2.62. The highest BCUT2D eigenvalue weighted by molar-refractivity contribution is 5.13. The number of rotatable bonds is 0. The predicted molar refractivity (Wildman–Crippen MR) is 66.1 cm³/mol. The summed E-state index contributed by atoms with van der Waals surface area (Å²) in [6.07, 6.45) is 9.18. The Morgan fingerprint density at radius 3 is 2.56 bits per heavy atom. The van der Waals surface area contributed by atoms with Crippen molar-refractivity contribution in [1.82, 2.24) is 0 Å². The molecule has 0 unspecified atom stereocenters. The lowest BCUT2D eigenvalue weighted by Gasteiger charge is -2.67. The summed E-state index contributed by atoms with van der Waals surface area (Å²) in [5.74, 6) is 1.43. The van der Waals surface area contributed by atoms with Crippen LogP contribution < -0.4 is 0 Å². The maximum absolute atomic E-state index is 10.6. The van der Waals surface area contributed by atoms with Gasteiger partial charge < -0.3 is 5.11 Å². The molecule has 0 aromatic heterocycles. The molecule has 0 aromatic carbocycles. The van der Waals surface area contributed by atoms with E-state index in [1.807, 2.05) is 0 Å². The Labute approximate surface area is 99.6 Å². The molecule has 0 saturated heterocycles. The summed E-state index contributed by atoms with van der Waals surface area (Å²) in [5.41, 5.74) is 0.633. The van der Waals surface area contributed by atoms with E-state index >= 15 is 0 Å². The van der Waals surface area contributed by atoms with Crippen LogP contribution in [-0.2, 0) is 0 Å². The molecule has 5 atom stereocenters. The Balaban J connectivity index is 2.02. The van der Waals surface area contributed by atoms with E-state index in [2.05, 4.69) is 20.8 Å². The smallest absolute Gasteiger partial charge is 0.0653 e. The monoisotopic (exact) mass is 222 g/mol. The van der Waals surface area contributed by atoms with Gasteiger partial charge in [0.1, 0.15) is 0 Å². The Morgan fingerprint density at radius 2 is 1.88 bits per heavy atom.